The Hall–Kier alpha value is -2.36. The number of hydrogen-bond acceptors (Lipinski definition) is 2. The standard InChI is InChI=1S/C14H15N3O/c1-16-11-12(10-15-16)8-9-14(18)17(2)13-6-4-3-5-7-13/h3-11H,1-2H3/b9-8+. The minimum atomic E-state index is -0.0648. The van der Waals surface area contributed by atoms with Gasteiger partial charge in [-0.2, -0.15) is 5.10 Å². The number of amides is 1. The van der Waals surface area contributed by atoms with Crippen LogP contribution < -0.4 is 4.90 Å². The number of aryl methyl sites for hydroxylation is 1. The fourth-order valence-corrected chi connectivity index (χ4v) is 1.58. The molecule has 0 unspecified atom stereocenters. The molecule has 2 rings (SSSR count). The fourth-order valence-electron chi connectivity index (χ4n) is 1.58. The number of anilines is 1. The smallest absolute Gasteiger partial charge is 0.250 e. The Kier molecular flexibility index (Phi) is 3.57. The summed E-state index contributed by atoms with van der Waals surface area (Å²) in [5.41, 5.74) is 1.78. The van der Waals surface area contributed by atoms with Gasteiger partial charge >= 0.3 is 0 Å². The summed E-state index contributed by atoms with van der Waals surface area (Å²) >= 11 is 0. The molecule has 0 aliphatic rings. The highest BCUT2D eigenvalue weighted by atomic mass is 16.2. The summed E-state index contributed by atoms with van der Waals surface area (Å²) in [5, 5.41) is 4.04. The molecule has 0 saturated carbocycles. The van der Waals surface area contributed by atoms with Crippen molar-refractivity contribution in [3.63, 3.8) is 0 Å². The highest BCUT2D eigenvalue weighted by Gasteiger charge is 2.06. The first-order valence-corrected chi connectivity index (χ1v) is 5.66. The summed E-state index contributed by atoms with van der Waals surface area (Å²) in [6.07, 6.45) is 6.87. The van der Waals surface area contributed by atoms with Gasteiger partial charge in [-0.15, -0.1) is 0 Å². The third-order valence-corrected chi connectivity index (χ3v) is 2.62. The molecular formula is C14H15N3O. The summed E-state index contributed by atoms with van der Waals surface area (Å²) in [7, 11) is 3.60. The van der Waals surface area contributed by atoms with Gasteiger partial charge in [0.2, 0.25) is 0 Å². The number of para-hydroxylation sites is 1. The van der Waals surface area contributed by atoms with Crippen molar-refractivity contribution < 1.29 is 4.79 Å². The maximum Gasteiger partial charge on any atom is 0.250 e. The molecule has 0 radical (unpaired) electrons. The Morgan fingerprint density at radius 1 is 1.33 bits per heavy atom. The molecule has 0 atom stereocenters. The molecule has 4 nitrogen and oxygen atoms in total. The predicted octanol–water partition coefficient (Wildman–Crippen LogP) is 2.10. The summed E-state index contributed by atoms with van der Waals surface area (Å²) in [5.74, 6) is -0.0648. The topological polar surface area (TPSA) is 38.1 Å². The van der Waals surface area contributed by atoms with E-state index >= 15 is 0 Å². The Bertz CT molecular complexity index is 557. The molecule has 0 saturated heterocycles. The summed E-state index contributed by atoms with van der Waals surface area (Å²) in [6.45, 7) is 0. The SMILES string of the molecule is CN(C(=O)/C=C/c1cnn(C)c1)c1ccccc1. The highest BCUT2D eigenvalue weighted by molar-refractivity contribution is 6.03. The molecule has 0 bridgehead atoms. The molecule has 0 fully saturated rings. The zero-order valence-electron chi connectivity index (χ0n) is 10.4. The highest BCUT2D eigenvalue weighted by Crippen LogP contribution is 2.11. The second-order valence-electron chi connectivity index (χ2n) is 4.01. The van der Waals surface area contributed by atoms with Crippen LogP contribution in [-0.4, -0.2) is 22.7 Å². The molecule has 1 heterocycles. The second kappa shape index (κ2) is 5.31. The van der Waals surface area contributed by atoms with Crippen LogP contribution in [0.4, 0.5) is 5.69 Å². The molecule has 92 valence electrons. The van der Waals surface area contributed by atoms with Gasteiger partial charge in [0.05, 0.1) is 6.20 Å². The lowest BCUT2D eigenvalue weighted by Gasteiger charge is -2.14. The quantitative estimate of drug-likeness (QED) is 0.772. The Morgan fingerprint density at radius 3 is 2.67 bits per heavy atom. The van der Waals surface area contributed by atoms with E-state index in [1.807, 2.05) is 43.6 Å². The number of benzene rings is 1. The maximum atomic E-state index is 11.9. The molecular weight excluding hydrogens is 226 g/mol. The van der Waals surface area contributed by atoms with Crippen molar-refractivity contribution in [3.05, 3.63) is 54.4 Å². The molecule has 0 aliphatic heterocycles. The van der Waals surface area contributed by atoms with E-state index in [2.05, 4.69) is 5.10 Å². The van der Waals surface area contributed by atoms with Gasteiger partial charge in [0.15, 0.2) is 0 Å². The number of carbonyl (C=O) groups excluding carboxylic acids is 1. The monoisotopic (exact) mass is 241 g/mol. The van der Waals surface area contributed by atoms with E-state index in [4.69, 9.17) is 0 Å². The molecule has 1 amide bonds. The average molecular weight is 241 g/mol. The van der Waals surface area contributed by atoms with Crippen LogP contribution in [0.1, 0.15) is 5.56 Å². The predicted molar refractivity (Wildman–Crippen MR) is 72.1 cm³/mol. The first-order valence-electron chi connectivity index (χ1n) is 5.66. The number of nitrogens with zero attached hydrogens (tertiary/aromatic N) is 3. The number of rotatable bonds is 3. The first kappa shape index (κ1) is 12.1. The summed E-state index contributed by atoms with van der Waals surface area (Å²) in [6, 6.07) is 9.53. The van der Waals surface area contributed by atoms with Gasteiger partial charge in [-0.05, 0) is 18.2 Å². The molecule has 18 heavy (non-hydrogen) atoms. The van der Waals surface area contributed by atoms with Gasteiger partial charge in [-0.25, -0.2) is 0 Å². The lowest BCUT2D eigenvalue weighted by molar-refractivity contribution is -0.113. The van der Waals surface area contributed by atoms with Crippen molar-refractivity contribution in [3.8, 4) is 0 Å². The van der Waals surface area contributed by atoms with Crippen molar-refractivity contribution in [1.29, 1.82) is 0 Å². The molecule has 2 aromatic rings. The number of aromatic nitrogens is 2. The van der Waals surface area contributed by atoms with Crippen molar-refractivity contribution in [1.82, 2.24) is 9.78 Å². The first-order chi connectivity index (χ1) is 8.66. The van der Waals surface area contributed by atoms with Gasteiger partial charge in [0.1, 0.15) is 0 Å². The lowest BCUT2D eigenvalue weighted by Crippen LogP contribution is -2.23. The fraction of sp³-hybridized carbons (Fsp3) is 0.143. The second-order valence-corrected chi connectivity index (χ2v) is 4.01. The minimum absolute atomic E-state index is 0.0648. The number of carbonyl (C=O) groups is 1. The van der Waals surface area contributed by atoms with Gasteiger partial charge in [-0.1, -0.05) is 18.2 Å². The van der Waals surface area contributed by atoms with Crippen LogP contribution >= 0.6 is 0 Å². The third-order valence-electron chi connectivity index (χ3n) is 2.62. The van der Waals surface area contributed by atoms with E-state index in [0.29, 0.717) is 0 Å². The van der Waals surface area contributed by atoms with E-state index in [9.17, 15) is 4.79 Å². The third kappa shape index (κ3) is 2.85. The van der Waals surface area contributed by atoms with E-state index in [0.717, 1.165) is 11.3 Å². The van der Waals surface area contributed by atoms with E-state index in [1.54, 1.807) is 35.0 Å². The van der Waals surface area contributed by atoms with Crippen LogP contribution in [0.25, 0.3) is 6.08 Å². The van der Waals surface area contributed by atoms with Gasteiger partial charge in [0.25, 0.3) is 5.91 Å². The van der Waals surface area contributed by atoms with E-state index in [-0.39, 0.29) is 5.91 Å². The number of likely N-dealkylation sites (N-methyl/N-ethyl adjacent to an activating group) is 1. The zero-order chi connectivity index (χ0) is 13.0. The van der Waals surface area contributed by atoms with Gasteiger partial charge in [0, 0.05) is 37.6 Å². The van der Waals surface area contributed by atoms with Gasteiger partial charge < -0.3 is 4.90 Å². The lowest BCUT2D eigenvalue weighted by atomic mass is 10.2. The van der Waals surface area contributed by atoms with Crippen LogP contribution in [0, 0.1) is 0 Å². The Labute approximate surface area is 106 Å². The van der Waals surface area contributed by atoms with E-state index in [1.165, 1.54) is 0 Å². The van der Waals surface area contributed by atoms with Crippen LogP contribution in [0.5, 0.6) is 0 Å². The van der Waals surface area contributed by atoms with Crippen molar-refractivity contribution >= 4 is 17.7 Å². The molecule has 0 N–H and O–H groups in total. The van der Waals surface area contributed by atoms with E-state index < -0.39 is 0 Å². The van der Waals surface area contributed by atoms with Crippen molar-refractivity contribution in [2.24, 2.45) is 7.05 Å². The molecule has 4 heteroatoms. The van der Waals surface area contributed by atoms with Crippen LogP contribution in [0.2, 0.25) is 0 Å². The largest absolute Gasteiger partial charge is 0.312 e. The van der Waals surface area contributed by atoms with Crippen LogP contribution in [0.15, 0.2) is 48.8 Å². The zero-order valence-corrected chi connectivity index (χ0v) is 10.4. The minimum Gasteiger partial charge on any atom is -0.312 e. The number of hydrogen-bond donors (Lipinski definition) is 0. The normalized spacial score (nSPS) is 10.8. The molecule has 1 aromatic heterocycles. The van der Waals surface area contributed by atoms with Crippen molar-refractivity contribution in [2.45, 2.75) is 0 Å². The average Bonchev–Trinajstić information content (AvgIpc) is 2.82. The Balaban J connectivity index is 2.06. The molecule has 1 aromatic carbocycles. The molecule has 0 aliphatic carbocycles. The van der Waals surface area contributed by atoms with Crippen LogP contribution in [-0.2, 0) is 11.8 Å². The van der Waals surface area contributed by atoms with Gasteiger partial charge in [-0.3, -0.25) is 9.48 Å². The summed E-state index contributed by atoms with van der Waals surface area (Å²) in [4.78, 5) is 13.5. The van der Waals surface area contributed by atoms with Crippen molar-refractivity contribution in [2.75, 3.05) is 11.9 Å². The molecule has 0 spiro atoms. The maximum absolute atomic E-state index is 11.9. The van der Waals surface area contributed by atoms with Crippen LogP contribution in [0.3, 0.4) is 0 Å². The Morgan fingerprint density at radius 2 is 2.06 bits per heavy atom. The summed E-state index contributed by atoms with van der Waals surface area (Å²) < 4.78 is 1.70.